The number of aliphatic carboxylic acids is 1. The normalized spacial score (nSPS) is 17.9. The van der Waals surface area contributed by atoms with Crippen molar-refractivity contribution in [2.45, 2.75) is 32.7 Å². The third-order valence-electron chi connectivity index (χ3n) is 3.65. The van der Waals surface area contributed by atoms with Crippen LogP contribution in [0.1, 0.15) is 26.7 Å². The summed E-state index contributed by atoms with van der Waals surface area (Å²) in [4.78, 5) is 26.9. The maximum Gasteiger partial charge on any atom is 0.317 e. The number of likely N-dealkylation sites (N-methyl/N-ethyl adjacent to an activating group) is 2. The molecule has 1 unspecified atom stereocenters. The molecule has 19 heavy (non-hydrogen) atoms. The topological polar surface area (TPSA) is 72.9 Å². The Morgan fingerprint density at radius 2 is 1.95 bits per heavy atom. The molecule has 6 heteroatoms. The summed E-state index contributed by atoms with van der Waals surface area (Å²) in [6.45, 7) is 5.54. The molecule has 0 heterocycles. The highest BCUT2D eigenvalue weighted by atomic mass is 16.4. The summed E-state index contributed by atoms with van der Waals surface area (Å²) in [5, 5.41) is 11.8. The third-order valence-corrected chi connectivity index (χ3v) is 3.65. The average molecular weight is 271 g/mol. The number of carboxylic acids is 1. The maximum absolute atomic E-state index is 12.1. The van der Waals surface area contributed by atoms with Gasteiger partial charge in [0.1, 0.15) is 0 Å². The lowest BCUT2D eigenvalue weighted by molar-refractivity contribution is -0.143. The van der Waals surface area contributed by atoms with Crippen LogP contribution >= 0.6 is 0 Å². The van der Waals surface area contributed by atoms with Crippen molar-refractivity contribution in [3.8, 4) is 0 Å². The van der Waals surface area contributed by atoms with Gasteiger partial charge in [0.25, 0.3) is 0 Å². The molecule has 110 valence electrons. The van der Waals surface area contributed by atoms with Crippen LogP contribution in [0.3, 0.4) is 0 Å². The Morgan fingerprint density at radius 3 is 2.32 bits per heavy atom. The second-order valence-electron chi connectivity index (χ2n) is 5.64. The maximum atomic E-state index is 12.1. The van der Waals surface area contributed by atoms with Crippen LogP contribution < -0.4 is 5.32 Å². The molecule has 0 aromatic carbocycles. The largest absolute Gasteiger partial charge is 0.481 e. The minimum atomic E-state index is -0.808. The Balaban J connectivity index is 2.48. The van der Waals surface area contributed by atoms with Crippen LogP contribution in [0.5, 0.6) is 0 Å². The summed E-state index contributed by atoms with van der Waals surface area (Å²) >= 11 is 0. The van der Waals surface area contributed by atoms with Gasteiger partial charge >= 0.3 is 12.0 Å². The minimum Gasteiger partial charge on any atom is -0.481 e. The van der Waals surface area contributed by atoms with Gasteiger partial charge in [0.05, 0.1) is 5.41 Å². The zero-order valence-electron chi connectivity index (χ0n) is 12.3. The number of urea groups is 1. The van der Waals surface area contributed by atoms with Crippen molar-refractivity contribution in [2.24, 2.45) is 5.41 Å². The van der Waals surface area contributed by atoms with E-state index in [1.165, 1.54) is 0 Å². The van der Waals surface area contributed by atoms with E-state index in [9.17, 15) is 9.59 Å². The van der Waals surface area contributed by atoms with Crippen molar-refractivity contribution in [1.82, 2.24) is 15.1 Å². The predicted octanol–water partition coefficient (Wildman–Crippen LogP) is 0.833. The molecule has 1 fully saturated rings. The molecule has 0 aromatic heterocycles. The van der Waals surface area contributed by atoms with Gasteiger partial charge in [0.15, 0.2) is 0 Å². The Hall–Kier alpha value is -1.30. The second kappa shape index (κ2) is 6.23. The van der Waals surface area contributed by atoms with Crippen LogP contribution in [-0.2, 0) is 4.79 Å². The first-order valence-electron chi connectivity index (χ1n) is 6.75. The van der Waals surface area contributed by atoms with E-state index in [4.69, 9.17) is 5.11 Å². The predicted molar refractivity (Wildman–Crippen MR) is 73.1 cm³/mol. The molecule has 0 spiro atoms. The summed E-state index contributed by atoms with van der Waals surface area (Å²) < 4.78 is 0. The molecule has 1 saturated carbocycles. The lowest BCUT2D eigenvalue weighted by Crippen LogP contribution is -2.49. The number of hydrogen-bond donors (Lipinski definition) is 2. The fraction of sp³-hybridized carbons (Fsp3) is 0.846. The first kappa shape index (κ1) is 15.8. The van der Waals surface area contributed by atoms with Crippen molar-refractivity contribution in [1.29, 1.82) is 0 Å². The average Bonchev–Trinajstić information content (AvgIpc) is 3.07. The van der Waals surface area contributed by atoms with E-state index in [0.29, 0.717) is 19.4 Å². The number of nitrogens with one attached hydrogen (secondary N) is 1. The van der Waals surface area contributed by atoms with Gasteiger partial charge in [0.2, 0.25) is 0 Å². The van der Waals surface area contributed by atoms with Gasteiger partial charge in [-0.15, -0.1) is 0 Å². The quantitative estimate of drug-likeness (QED) is 0.719. The molecule has 2 N–H and O–H groups in total. The molecule has 1 aliphatic carbocycles. The van der Waals surface area contributed by atoms with E-state index >= 15 is 0 Å². The zero-order chi connectivity index (χ0) is 14.6. The number of carbonyl (C=O) groups is 2. The number of carboxylic acid groups (broad SMARTS) is 1. The first-order valence-corrected chi connectivity index (χ1v) is 6.75. The fourth-order valence-corrected chi connectivity index (χ4v) is 2.25. The minimum absolute atomic E-state index is 0.0972. The van der Waals surface area contributed by atoms with Gasteiger partial charge in [0, 0.05) is 25.7 Å². The molecule has 0 aliphatic heterocycles. The van der Waals surface area contributed by atoms with E-state index < -0.39 is 11.4 Å². The molecule has 6 nitrogen and oxygen atoms in total. The molecular weight excluding hydrogens is 246 g/mol. The monoisotopic (exact) mass is 271 g/mol. The number of carbonyl (C=O) groups excluding carboxylic acids is 1. The smallest absolute Gasteiger partial charge is 0.317 e. The molecule has 2 amide bonds. The Morgan fingerprint density at radius 1 is 1.37 bits per heavy atom. The van der Waals surface area contributed by atoms with Gasteiger partial charge in [-0.3, -0.25) is 4.79 Å². The van der Waals surface area contributed by atoms with Crippen molar-refractivity contribution < 1.29 is 14.7 Å². The van der Waals surface area contributed by atoms with E-state index in [1.807, 2.05) is 32.8 Å². The van der Waals surface area contributed by atoms with Crippen LogP contribution in [0.4, 0.5) is 4.79 Å². The third kappa shape index (κ3) is 4.09. The van der Waals surface area contributed by atoms with E-state index in [-0.39, 0.29) is 18.6 Å². The fourth-order valence-electron chi connectivity index (χ4n) is 2.25. The Labute approximate surface area is 114 Å². The number of rotatable bonds is 7. The highest BCUT2D eigenvalue weighted by Crippen LogP contribution is 2.45. The van der Waals surface area contributed by atoms with Crippen LogP contribution in [-0.4, -0.2) is 66.7 Å². The SMILES string of the molecule is CCN(C(=O)NCC1(C(=O)O)CC1)C(C)CN(C)C. The summed E-state index contributed by atoms with van der Waals surface area (Å²) in [6, 6.07) is -0.0793. The van der Waals surface area contributed by atoms with Crippen LogP contribution in [0.25, 0.3) is 0 Å². The van der Waals surface area contributed by atoms with Crippen molar-refractivity contribution >= 4 is 12.0 Å². The van der Waals surface area contributed by atoms with Crippen molar-refractivity contribution in [2.75, 3.05) is 33.7 Å². The number of hydrogen-bond acceptors (Lipinski definition) is 3. The molecule has 1 aliphatic rings. The van der Waals surface area contributed by atoms with Gasteiger partial charge in [-0.1, -0.05) is 0 Å². The number of nitrogens with zero attached hydrogens (tertiary/aromatic N) is 2. The lowest BCUT2D eigenvalue weighted by atomic mass is 10.1. The molecule has 1 rings (SSSR count). The molecule has 0 radical (unpaired) electrons. The van der Waals surface area contributed by atoms with Gasteiger partial charge in [-0.2, -0.15) is 0 Å². The van der Waals surface area contributed by atoms with Gasteiger partial charge in [-0.25, -0.2) is 4.79 Å². The highest BCUT2D eigenvalue weighted by molar-refractivity contribution is 5.80. The second-order valence-corrected chi connectivity index (χ2v) is 5.64. The van der Waals surface area contributed by atoms with Crippen molar-refractivity contribution in [3.05, 3.63) is 0 Å². The molecular formula is C13H25N3O3. The van der Waals surface area contributed by atoms with E-state index in [0.717, 1.165) is 6.54 Å². The number of amides is 2. The van der Waals surface area contributed by atoms with E-state index in [2.05, 4.69) is 5.32 Å². The molecule has 1 atom stereocenters. The Kier molecular flexibility index (Phi) is 5.17. The highest BCUT2D eigenvalue weighted by Gasteiger charge is 2.50. The summed E-state index contributed by atoms with van der Waals surface area (Å²) in [5.41, 5.74) is -0.708. The summed E-state index contributed by atoms with van der Waals surface area (Å²) in [5.74, 6) is -0.808. The first-order chi connectivity index (χ1) is 8.82. The summed E-state index contributed by atoms with van der Waals surface area (Å²) in [7, 11) is 3.93. The van der Waals surface area contributed by atoms with Crippen molar-refractivity contribution in [3.63, 3.8) is 0 Å². The summed E-state index contributed by atoms with van der Waals surface area (Å²) in [6.07, 6.45) is 1.31. The van der Waals surface area contributed by atoms with Crippen LogP contribution in [0.15, 0.2) is 0 Å². The zero-order valence-corrected chi connectivity index (χ0v) is 12.3. The molecule has 0 saturated heterocycles. The van der Waals surface area contributed by atoms with Gasteiger partial charge < -0.3 is 20.2 Å². The molecule has 0 aromatic rings. The molecule has 0 bridgehead atoms. The Bertz CT molecular complexity index is 340. The van der Waals surface area contributed by atoms with Crippen LogP contribution in [0.2, 0.25) is 0 Å². The van der Waals surface area contributed by atoms with Crippen LogP contribution in [0, 0.1) is 5.41 Å². The lowest BCUT2D eigenvalue weighted by Gasteiger charge is -2.30. The van der Waals surface area contributed by atoms with E-state index in [1.54, 1.807) is 4.90 Å². The van der Waals surface area contributed by atoms with Gasteiger partial charge in [-0.05, 0) is 40.8 Å². The standard InChI is InChI=1S/C13H25N3O3/c1-5-16(10(2)8-15(3)4)12(19)14-9-13(6-7-13)11(17)18/h10H,5-9H2,1-4H3,(H,14,19)(H,17,18).